The normalized spacial score (nSPS) is 12.8. The number of carboxylic acids is 1. The Balaban J connectivity index is 2.13. The van der Waals surface area contributed by atoms with Crippen LogP contribution in [0.15, 0.2) is 36.4 Å². The summed E-state index contributed by atoms with van der Waals surface area (Å²) in [7, 11) is -3.33. The highest BCUT2D eigenvalue weighted by Gasteiger charge is 2.30. The van der Waals surface area contributed by atoms with Crippen molar-refractivity contribution in [1.82, 2.24) is 10.6 Å². The number of halogens is 2. The van der Waals surface area contributed by atoms with Gasteiger partial charge in [0.25, 0.3) is 0 Å². The molecule has 0 saturated heterocycles. The molecule has 236 valence electrons. The zero-order chi connectivity index (χ0) is 32.3. The quantitative estimate of drug-likeness (QED) is 0.237. The lowest BCUT2D eigenvalue weighted by atomic mass is 9.98. The highest BCUT2D eigenvalue weighted by atomic mass is 35.5. The van der Waals surface area contributed by atoms with E-state index < -0.39 is 63.6 Å². The molecule has 2 atom stereocenters. The minimum Gasteiger partial charge on any atom is -0.494 e. The van der Waals surface area contributed by atoms with Crippen LogP contribution < -0.4 is 15.4 Å². The first kappa shape index (κ1) is 35.7. The van der Waals surface area contributed by atoms with Crippen molar-refractivity contribution in [2.24, 2.45) is 5.92 Å². The number of amides is 2. The maximum atomic E-state index is 14.1. The molecule has 10 nitrogen and oxygen atoms in total. The van der Waals surface area contributed by atoms with E-state index in [2.05, 4.69) is 10.6 Å². The van der Waals surface area contributed by atoms with Gasteiger partial charge in [0.05, 0.1) is 31.2 Å². The van der Waals surface area contributed by atoms with E-state index in [1.165, 1.54) is 18.2 Å². The van der Waals surface area contributed by atoms with E-state index in [0.29, 0.717) is 23.5 Å². The molecule has 0 aliphatic rings. The van der Waals surface area contributed by atoms with Crippen LogP contribution in [0, 0.1) is 11.7 Å². The van der Waals surface area contributed by atoms with Crippen LogP contribution in [0.2, 0.25) is 5.02 Å². The Hall–Kier alpha value is -3.51. The average molecular weight is 641 g/mol. The summed E-state index contributed by atoms with van der Waals surface area (Å²) in [5.74, 6) is -3.94. The maximum absolute atomic E-state index is 14.1. The van der Waals surface area contributed by atoms with Crippen LogP contribution >= 0.6 is 11.6 Å². The van der Waals surface area contributed by atoms with E-state index in [1.807, 2.05) is 0 Å². The summed E-state index contributed by atoms with van der Waals surface area (Å²) < 4.78 is 43.2. The first-order valence-electron chi connectivity index (χ1n) is 13.8. The highest BCUT2D eigenvalue weighted by molar-refractivity contribution is 7.89. The lowest BCUT2D eigenvalue weighted by Gasteiger charge is -2.25. The van der Waals surface area contributed by atoms with E-state index in [1.54, 1.807) is 39.0 Å². The highest BCUT2D eigenvalue weighted by Crippen LogP contribution is 2.23. The molecule has 2 unspecified atom stereocenters. The number of carbonyl (C=O) groups is 4. The molecule has 2 aromatic carbocycles. The van der Waals surface area contributed by atoms with Crippen LogP contribution in [-0.4, -0.2) is 62.0 Å². The molecule has 2 aromatic rings. The molecular formula is C30H38ClFN2O8S. The molecule has 0 radical (unpaired) electrons. The fourth-order valence-electron chi connectivity index (χ4n) is 4.46. The molecule has 0 spiro atoms. The van der Waals surface area contributed by atoms with Crippen LogP contribution in [0.4, 0.5) is 4.39 Å². The Bertz CT molecular complexity index is 1410. The number of carboxylic acid groups (broad SMARTS) is 1. The standard InChI is InChI=1S/C30H38ClFN2O8S/c1-5-42-26-13-12-19(17-43(4,40)41)14-20(26)15-27(36)34-29(18(2)3)30(39)33-24(16-28(37)38)25(35)11-6-8-21-22(31)9-7-10-23(21)32/h7,9-10,12-14,18,24,29H,5-6,8,11,15-17H2,1-4H3,(H,33,39)(H,34,36)(H,37,38). The molecule has 3 N–H and O–H groups in total. The molecule has 0 fully saturated rings. The van der Waals surface area contributed by atoms with Crippen molar-refractivity contribution >= 4 is 45.0 Å². The zero-order valence-electron chi connectivity index (χ0n) is 24.6. The molecule has 0 aliphatic heterocycles. The van der Waals surface area contributed by atoms with Crippen LogP contribution in [0.3, 0.4) is 0 Å². The second kappa shape index (κ2) is 16.4. The first-order chi connectivity index (χ1) is 20.1. The van der Waals surface area contributed by atoms with Crippen molar-refractivity contribution in [3.8, 4) is 5.75 Å². The van der Waals surface area contributed by atoms with Gasteiger partial charge >= 0.3 is 5.97 Å². The number of hydrogen-bond donors (Lipinski definition) is 3. The molecule has 43 heavy (non-hydrogen) atoms. The fourth-order valence-corrected chi connectivity index (χ4v) is 5.50. The van der Waals surface area contributed by atoms with E-state index in [0.717, 1.165) is 6.26 Å². The predicted octanol–water partition coefficient (Wildman–Crippen LogP) is 3.66. The van der Waals surface area contributed by atoms with Gasteiger partial charge in [-0.15, -0.1) is 0 Å². The number of aliphatic carboxylic acids is 1. The largest absolute Gasteiger partial charge is 0.494 e. The summed E-state index contributed by atoms with van der Waals surface area (Å²) in [4.78, 5) is 50.6. The van der Waals surface area contributed by atoms with E-state index in [4.69, 9.17) is 16.3 Å². The number of rotatable bonds is 17. The summed E-state index contributed by atoms with van der Waals surface area (Å²) in [6.07, 6.45) is 0.393. The fraction of sp³-hybridized carbons (Fsp3) is 0.467. The van der Waals surface area contributed by atoms with Crippen molar-refractivity contribution in [3.05, 3.63) is 63.9 Å². The van der Waals surface area contributed by atoms with Crippen LogP contribution in [0.5, 0.6) is 5.75 Å². The lowest BCUT2D eigenvalue weighted by Crippen LogP contribution is -2.54. The van der Waals surface area contributed by atoms with Gasteiger partial charge in [-0.25, -0.2) is 12.8 Å². The number of carbonyl (C=O) groups excluding carboxylic acids is 3. The number of hydrogen-bond acceptors (Lipinski definition) is 7. The van der Waals surface area contributed by atoms with E-state index >= 15 is 0 Å². The number of sulfone groups is 1. The summed E-state index contributed by atoms with van der Waals surface area (Å²) in [6.45, 7) is 5.42. The maximum Gasteiger partial charge on any atom is 0.305 e. The van der Waals surface area contributed by atoms with E-state index in [-0.39, 0.29) is 42.0 Å². The second-order valence-electron chi connectivity index (χ2n) is 10.6. The van der Waals surface area contributed by atoms with Gasteiger partial charge < -0.3 is 20.5 Å². The van der Waals surface area contributed by atoms with Gasteiger partial charge in [0.15, 0.2) is 15.6 Å². The van der Waals surface area contributed by atoms with Crippen molar-refractivity contribution in [2.45, 2.75) is 70.7 Å². The third kappa shape index (κ3) is 11.9. The van der Waals surface area contributed by atoms with Crippen LogP contribution in [0.25, 0.3) is 0 Å². The zero-order valence-corrected chi connectivity index (χ0v) is 26.2. The van der Waals surface area contributed by atoms with Crippen molar-refractivity contribution in [1.29, 1.82) is 0 Å². The summed E-state index contributed by atoms with van der Waals surface area (Å²) >= 11 is 6.03. The molecule has 0 saturated carbocycles. The Morgan fingerprint density at radius 3 is 2.37 bits per heavy atom. The minimum absolute atomic E-state index is 0.133. The van der Waals surface area contributed by atoms with Gasteiger partial charge in [0.2, 0.25) is 11.8 Å². The van der Waals surface area contributed by atoms with Gasteiger partial charge in [-0.3, -0.25) is 19.2 Å². The number of ether oxygens (including phenoxy) is 1. The first-order valence-corrected chi connectivity index (χ1v) is 16.2. The van der Waals surface area contributed by atoms with Crippen molar-refractivity contribution in [3.63, 3.8) is 0 Å². The molecule has 2 amide bonds. The third-order valence-electron chi connectivity index (χ3n) is 6.47. The number of nitrogens with one attached hydrogen (secondary N) is 2. The summed E-state index contributed by atoms with van der Waals surface area (Å²) in [5.41, 5.74) is 1.14. The lowest BCUT2D eigenvalue weighted by molar-refractivity contribution is -0.140. The molecule has 2 rings (SSSR count). The molecule has 0 bridgehead atoms. The van der Waals surface area contributed by atoms with Gasteiger partial charge in [0, 0.05) is 28.8 Å². The van der Waals surface area contributed by atoms with Gasteiger partial charge in [-0.2, -0.15) is 0 Å². The summed E-state index contributed by atoms with van der Waals surface area (Å²) in [6, 6.07) is 6.51. The van der Waals surface area contributed by atoms with Crippen LogP contribution in [0.1, 0.15) is 56.7 Å². The molecule has 0 aromatic heterocycles. The predicted molar refractivity (Wildman–Crippen MR) is 160 cm³/mol. The number of benzene rings is 2. The van der Waals surface area contributed by atoms with Crippen LogP contribution in [-0.2, 0) is 47.6 Å². The SMILES string of the molecule is CCOc1ccc(CS(C)(=O)=O)cc1CC(=O)NC(C(=O)NC(CC(=O)O)C(=O)CCCc1c(F)cccc1Cl)C(C)C. The average Bonchev–Trinajstić information content (AvgIpc) is 2.88. The smallest absolute Gasteiger partial charge is 0.305 e. The monoisotopic (exact) mass is 640 g/mol. The molecule has 13 heteroatoms. The van der Waals surface area contributed by atoms with Gasteiger partial charge in [0.1, 0.15) is 17.6 Å². The van der Waals surface area contributed by atoms with Gasteiger partial charge in [-0.1, -0.05) is 43.6 Å². The minimum atomic E-state index is -3.33. The van der Waals surface area contributed by atoms with Crippen molar-refractivity contribution < 1.29 is 41.8 Å². The number of ketones is 1. The second-order valence-corrected chi connectivity index (χ2v) is 13.1. The Labute approximate surface area is 256 Å². The topological polar surface area (TPSA) is 156 Å². The third-order valence-corrected chi connectivity index (χ3v) is 7.68. The Kier molecular flexibility index (Phi) is 13.6. The van der Waals surface area contributed by atoms with Crippen molar-refractivity contribution in [2.75, 3.05) is 12.9 Å². The Morgan fingerprint density at radius 2 is 1.79 bits per heavy atom. The summed E-state index contributed by atoms with van der Waals surface area (Å²) in [5, 5.41) is 14.7. The van der Waals surface area contributed by atoms with Gasteiger partial charge in [-0.05, 0) is 49.4 Å². The van der Waals surface area contributed by atoms with E-state index in [9.17, 15) is 37.1 Å². The molecule has 0 aliphatic carbocycles. The molecule has 0 heterocycles. The Morgan fingerprint density at radius 1 is 1.09 bits per heavy atom. The molecular weight excluding hydrogens is 603 g/mol. The number of Topliss-reactive ketones (excluding diaryl/α,β-unsaturated/α-hetero) is 1.